The fraction of sp³-hybridized carbons (Fsp3) is 0.125. The summed E-state index contributed by atoms with van der Waals surface area (Å²) in [5.74, 6) is 0. The molecular formula is C8H8ClNO2S. The van der Waals surface area contributed by atoms with Crippen molar-refractivity contribution >= 4 is 19.7 Å². The lowest BCUT2D eigenvalue weighted by molar-refractivity contribution is 0.609. The highest BCUT2D eigenvalue weighted by molar-refractivity contribution is 8.13. The molecule has 0 atom stereocenters. The van der Waals surface area contributed by atoms with Gasteiger partial charge in [-0.25, -0.2) is 8.42 Å². The highest BCUT2D eigenvalue weighted by Gasteiger charge is 2.06. The lowest BCUT2D eigenvalue weighted by Crippen LogP contribution is -1.87. The Morgan fingerprint density at radius 3 is 1.92 bits per heavy atom. The Bertz CT molecular complexity index is 380. The summed E-state index contributed by atoms with van der Waals surface area (Å²) in [5.41, 5.74) is 0. The van der Waals surface area contributed by atoms with E-state index in [2.05, 4.69) is 0 Å². The third kappa shape index (κ3) is 5.23. The van der Waals surface area contributed by atoms with E-state index in [9.17, 15) is 8.42 Å². The van der Waals surface area contributed by atoms with Crippen LogP contribution in [0.5, 0.6) is 0 Å². The van der Waals surface area contributed by atoms with Crippen molar-refractivity contribution in [3.63, 3.8) is 0 Å². The molecule has 0 bridgehead atoms. The van der Waals surface area contributed by atoms with Crippen LogP contribution < -0.4 is 0 Å². The molecule has 1 aromatic carbocycles. The molecule has 0 aliphatic heterocycles. The molecule has 13 heavy (non-hydrogen) atoms. The van der Waals surface area contributed by atoms with Gasteiger partial charge in [0, 0.05) is 17.6 Å². The van der Waals surface area contributed by atoms with Crippen LogP contribution in [0.4, 0.5) is 0 Å². The Kier molecular flexibility index (Phi) is 5.12. The lowest BCUT2D eigenvalue weighted by atomic mass is 10.4. The second kappa shape index (κ2) is 5.57. The number of rotatable bonds is 1. The van der Waals surface area contributed by atoms with Crippen LogP contribution >= 0.6 is 10.7 Å². The van der Waals surface area contributed by atoms with Crippen LogP contribution in [-0.2, 0) is 9.05 Å². The van der Waals surface area contributed by atoms with Gasteiger partial charge in [-0.2, -0.15) is 5.26 Å². The summed E-state index contributed by atoms with van der Waals surface area (Å²) in [6.45, 7) is 1.43. The number of benzene rings is 1. The molecule has 0 radical (unpaired) electrons. The predicted octanol–water partition coefficient (Wildman–Crippen LogP) is 2.14. The third-order valence-corrected chi connectivity index (χ3v) is 2.39. The summed E-state index contributed by atoms with van der Waals surface area (Å²) < 4.78 is 21.2. The van der Waals surface area contributed by atoms with Crippen LogP contribution in [0.2, 0.25) is 0 Å². The Morgan fingerprint density at radius 1 is 1.31 bits per heavy atom. The van der Waals surface area contributed by atoms with Crippen molar-refractivity contribution in [2.75, 3.05) is 0 Å². The van der Waals surface area contributed by atoms with Crippen molar-refractivity contribution in [3.05, 3.63) is 30.3 Å². The van der Waals surface area contributed by atoms with Crippen LogP contribution in [0.1, 0.15) is 6.92 Å². The van der Waals surface area contributed by atoms with E-state index in [1.54, 1.807) is 24.3 Å². The number of nitriles is 1. The number of hydrogen-bond acceptors (Lipinski definition) is 3. The fourth-order valence-electron chi connectivity index (χ4n) is 0.583. The minimum absolute atomic E-state index is 0.136. The first-order valence-electron chi connectivity index (χ1n) is 3.33. The third-order valence-electron chi connectivity index (χ3n) is 1.02. The van der Waals surface area contributed by atoms with Gasteiger partial charge in [0.2, 0.25) is 0 Å². The van der Waals surface area contributed by atoms with E-state index in [-0.39, 0.29) is 4.90 Å². The summed E-state index contributed by atoms with van der Waals surface area (Å²) in [5, 5.41) is 7.32. The zero-order valence-corrected chi connectivity index (χ0v) is 8.51. The Hall–Kier alpha value is -1.05. The van der Waals surface area contributed by atoms with Crippen LogP contribution in [0.25, 0.3) is 0 Å². The topological polar surface area (TPSA) is 57.9 Å². The first-order chi connectivity index (χ1) is 6.02. The van der Waals surface area contributed by atoms with E-state index in [0.29, 0.717) is 0 Å². The van der Waals surface area contributed by atoms with Gasteiger partial charge in [0.25, 0.3) is 9.05 Å². The maximum atomic E-state index is 10.6. The zero-order chi connectivity index (χ0) is 10.3. The maximum Gasteiger partial charge on any atom is 0.261 e. The molecule has 3 nitrogen and oxygen atoms in total. The highest BCUT2D eigenvalue weighted by Crippen LogP contribution is 2.12. The average molecular weight is 218 g/mol. The summed E-state index contributed by atoms with van der Waals surface area (Å²) in [6, 6.07) is 9.61. The van der Waals surface area contributed by atoms with E-state index < -0.39 is 9.05 Å². The second-order valence-corrected chi connectivity index (χ2v) is 4.54. The van der Waals surface area contributed by atoms with Gasteiger partial charge < -0.3 is 0 Å². The zero-order valence-electron chi connectivity index (χ0n) is 6.94. The molecule has 0 aliphatic rings. The molecular weight excluding hydrogens is 210 g/mol. The minimum atomic E-state index is -3.53. The molecule has 1 aromatic rings. The second-order valence-electron chi connectivity index (χ2n) is 1.97. The highest BCUT2D eigenvalue weighted by atomic mass is 35.7. The molecule has 0 N–H and O–H groups in total. The summed E-state index contributed by atoms with van der Waals surface area (Å²) in [4.78, 5) is 0.136. The van der Waals surface area contributed by atoms with Crippen molar-refractivity contribution in [3.8, 4) is 6.07 Å². The first-order valence-corrected chi connectivity index (χ1v) is 5.64. The van der Waals surface area contributed by atoms with E-state index >= 15 is 0 Å². The fourth-order valence-corrected chi connectivity index (χ4v) is 1.37. The number of halogens is 1. The SMILES string of the molecule is CC#N.O=S(=O)(Cl)c1ccccc1. The standard InChI is InChI=1S/C6H5ClO2S.C2H3N/c7-10(8,9)6-4-2-1-3-5-6;1-2-3/h1-5H;1H3. The van der Waals surface area contributed by atoms with E-state index in [0.717, 1.165) is 0 Å². The number of nitrogens with zero attached hydrogens (tertiary/aromatic N) is 1. The molecule has 0 aromatic heterocycles. The Balaban J connectivity index is 0.000000424. The van der Waals surface area contributed by atoms with Crippen LogP contribution in [0.3, 0.4) is 0 Å². The van der Waals surface area contributed by atoms with Gasteiger partial charge in [-0.15, -0.1) is 0 Å². The normalized spacial score (nSPS) is 9.31. The first kappa shape index (κ1) is 11.9. The molecule has 0 unspecified atom stereocenters. The molecule has 0 aliphatic carbocycles. The quantitative estimate of drug-likeness (QED) is 0.678. The van der Waals surface area contributed by atoms with Gasteiger partial charge in [0.05, 0.1) is 11.0 Å². The Morgan fingerprint density at radius 2 is 1.69 bits per heavy atom. The molecule has 5 heteroatoms. The molecule has 0 fully saturated rings. The van der Waals surface area contributed by atoms with Gasteiger partial charge in [-0.3, -0.25) is 0 Å². The average Bonchev–Trinajstić information content (AvgIpc) is 2.06. The van der Waals surface area contributed by atoms with E-state index in [4.69, 9.17) is 15.9 Å². The monoisotopic (exact) mass is 217 g/mol. The summed E-state index contributed by atoms with van der Waals surface area (Å²) in [7, 11) is 1.50. The van der Waals surface area contributed by atoms with Crippen LogP contribution in [0.15, 0.2) is 35.2 Å². The maximum absolute atomic E-state index is 10.6. The number of hydrogen-bond donors (Lipinski definition) is 0. The summed E-state index contributed by atoms with van der Waals surface area (Å²) in [6.07, 6.45) is 0. The molecule has 0 saturated heterocycles. The lowest BCUT2D eigenvalue weighted by Gasteiger charge is -1.91. The van der Waals surface area contributed by atoms with Crippen molar-refractivity contribution in [2.24, 2.45) is 0 Å². The molecule has 0 heterocycles. The van der Waals surface area contributed by atoms with Crippen molar-refractivity contribution in [2.45, 2.75) is 11.8 Å². The van der Waals surface area contributed by atoms with Crippen LogP contribution in [0, 0.1) is 11.3 Å². The van der Waals surface area contributed by atoms with Crippen LogP contribution in [-0.4, -0.2) is 8.42 Å². The molecule has 0 spiro atoms. The molecule has 1 rings (SSSR count). The van der Waals surface area contributed by atoms with Gasteiger partial charge >= 0.3 is 0 Å². The Labute approximate surface area is 82.0 Å². The van der Waals surface area contributed by atoms with E-state index in [1.165, 1.54) is 19.1 Å². The smallest absolute Gasteiger partial charge is 0.207 e. The molecule has 0 saturated carbocycles. The van der Waals surface area contributed by atoms with Gasteiger partial charge in [0.1, 0.15) is 0 Å². The van der Waals surface area contributed by atoms with Gasteiger partial charge in [-0.05, 0) is 12.1 Å². The minimum Gasteiger partial charge on any atom is -0.207 e. The molecule has 70 valence electrons. The van der Waals surface area contributed by atoms with Crippen molar-refractivity contribution in [1.29, 1.82) is 5.26 Å². The summed E-state index contributed by atoms with van der Waals surface area (Å²) >= 11 is 0. The van der Waals surface area contributed by atoms with Crippen molar-refractivity contribution < 1.29 is 8.42 Å². The molecule has 0 amide bonds. The van der Waals surface area contributed by atoms with Gasteiger partial charge in [0.15, 0.2) is 0 Å². The largest absolute Gasteiger partial charge is 0.261 e. The predicted molar refractivity (Wildman–Crippen MR) is 50.8 cm³/mol. The van der Waals surface area contributed by atoms with Crippen molar-refractivity contribution in [1.82, 2.24) is 0 Å². The van der Waals surface area contributed by atoms with Gasteiger partial charge in [-0.1, -0.05) is 18.2 Å². The van der Waals surface area contributed by atoms with E-state index in [1.807, 2.05) is 0 Å².